The molecular weight excluding hydrogens is 372 g/mol. The molecule has 7 heteroatoms. The molecular formula is C19H17ClN2O3S. The van der Waals surface area contributed by atoms with Gasteiger partial charge in [-0.05, 0) is 48.9 Å². The maximum absolute atomic E-state index is 12.3. The summed E-state index contributed by atoms with van der Waals surface area (Å²) in [5.74, 6) is -0.611. The van der Waals surface area contributed by atoms with Gasteiger partial charge in [0.25, 0.3) is 5.91 Å². The minimum Gasteiger partial charge on any atom is -0.462 e. The van der Waals surface area contributed by atoms with E-state index in [0.717, 1.165) is 17.5 Å². The van der Waals surface area contributed by atoms with Gasteiger partial charge in [-0.2, -0.15) is 0 Å². The van der Waals surface area contributed by atoms with Gasteiger partial charge >= 0.3 is 5.97 Å². The number of nitrogens with one attached hydrogen (secondary N) is 1. The zero-order valence-electron chi connectivity index (χ0n) is 14.1. The van der Waals surface area contributed by atoms with Crippen molar-refractivity contribution in [2.45, 2.75) is 19.8 Å². The van der Waals surface area contributed by atoms with Crippen LogP contribution in [0.1, 0.15) is 40.5 Å². The zero-order valence-corrected chi connectivity index (χ0v) is 15.7. The van der Waals surface area contributed by atoms with Crippen LogP contribution in [-0.4, -0.2) is 23.5 Å². The summed E-state index contributed by atoms with van der Waals surface area (Å²) < 4.78 is 6.03. The van der Waals surface area contributed by atoms with Crippen LogP contribution in [0.4, 0.5) is 5.13 Å². The number of hydrogen-bond acceptors (Lipinski definition) is 5. The number of anilines is 1. The molecule has 3 aromatic rings. The van der Waals surface area contributed by atoms with E-state index in [9.17, 15) is 9.59 Å². The van der Waals surface area contributed by atoms with Crippen LogP contribution < -0.4 is 5.32 Å². The number of unbranched alkanes of at least 4 members (excludes halogenated alkanes) is 1. The Bertz CT molecular complexity index is 938. The van der Waals surface area contributed by atoms with E-state index in [-0.39, 0.29) is 11.9 Å². The van der Waals surface area contributed by atoms with Crippen molar-refractivity contribution in [1.82, 2.24) is 4.98 Å². The van der Waals surface area contributed by atoms with E-state index in [1.807, 2.05) is 6.92 Å². The number of amides is 1. The summed E-state index contributed by atoms with van der Waals surface area (Å²) in [6.07, 6.45) is 1.81. The lowest BCUT2D eigenvalue weighted by molar-refractivity contribution is 0.0500. The molecule has 0 aliphatic rings. The first-order valence-electron chi connectivity index (χ1n) is 8.21. The number of ether oxygens (including phenoxy) is 1. The van der Waals surface area contributed by atoms with Crippen molar-refractivity contribution in [2.24, 2.45) is 0 Å². The second-order valence-electron chi connectivity index (χ2n) is 5.65. The van der Waals surface area contributed by atoms with Crippen molar-refractivity contribution in [3.05, 3.63) is 58.6 Å². The monoisotopic (exact) mass is 388 g/mol. The molecule has 0 spiro atoms. The number of benzene rings is 2. The molecule has 0 saturated carbocycles. The van der Waals surface area contributed by atoms with Gasteiger partial charge in [-0.3, -0.25) is 10.1 Å². The van der Waals surface area contributed by atoms with Gasteiger partial charge in [0, 0.05) is 10.6 Å². The second-order valence-corrected chi connectivity index (χ2v) is 7.12. The van der Waals surface area contributed by atoms with Gasteiger partial charge in [0.1, 0.15) is 0 Å². The number of aromatic nitrogens is 1. The number of rotatable bonds is 6. The SMILES string of the molecule is CCCCOC(=O)c1ccc2nc(NC(=O)c3ccc(Cl)cc3)sc2c1. The molecule has 1 heterocycles. The summed E-state index contributed by atoms with van der Waals surface area (Å²) in [6, 6.07) is 11.8. The average molecular weight is 389 g/mol. The summed E-state index contributed by atoms with van der Waals surface area (Å²) in [5, 5.41) is 3.81. The van der Waals surface area contributed by atoms with Gasteiger partial charge in [-0.15, -0.1) is 0 Å². The van der Waals surface area contributed by atoms with Crippen LogP contribution in [0.25, 0.3) is 10.2 Å². The minimum absolute atomic E-state index is 0.264. The topological polar surface area (TPSA) is 68.3 Å². The lowest BCUT2D eigenvalue weighted by Crippen LogP contribution is -2.11. The molecule has 0 radical (unpaired) electrons. The summed E-state index contributed by atoms with van der Waals surface area (Å²) in [7, 11) is 0. The fraction of sp³-hybridized carbons (Fsp3) is 0.211. The number of carbonyl (C=O) groups is 2. The van der Waals surface area contributed by atoms with Gasteiger partial charge < -0.3 is 4.74 Å². The number of nitrogens with zero attached hydrogens (tertiary/aromatic N) is 1. The summed E-state index contributed by atoms with van der Waals surface area (Å²) in [5.41, 5.74) is 1.69. The van der Waals surface area contributed by atoms with Crippen LogP contribution >= 0.6 is 22.9 Å². The smallest absolute Gasteiger partial charge is 0.338 e. The predicted octanol–water partition coefficient (Wildman–Crippen LogP) is 5.16. The third kappa shape index (κ3) is 4.39. The van der Waals surface area contributed by atoms with Crippen molar-refractivity contribution in [2.75, 3.05) is 11.9 Å². The Morgan fingerprint density at radius 1 is 1.15 bits per heavy atom. The summed E-state index contributed by atoms with van der Waals surface area (Å²) in [4.78, 5) is 28.7. The molecule has 0 unspecified atom stereocenters. The Kier molecular flexibility index (Phi) is 5.85. The van der Waals surface area contributed by atoms with Crippen LogP contribution in [-0.2, 0) is 4.74 Å². The van der Waals surface area contributed by atoms with Crippen LogP contribution in [0.5, 0.6) is 0 Å². The first kappa shape index (κ1) is 18.4. The van der Waals surface area contributed by atoms with Crippen molar-refractivity contribution < 1.29 is 14.3 Å². The molecule has 5 nitrogen and oxygen atoms in total. The zero-order chi connectivity index (χ0) is 18.5. The highest BCUT2D eigenvalue weighted by atomic mass is 35.5. The van der Waals surface area contributed by atoms with E-state index in [0.29, 0.717) is 33.4 Å². The van der Waals surface area contributed by atoms with E-state index >= 15 is 0 Å². The minimum atomic E-state index is -0.347. The van der Waals surface area contributed by atoms with E-state index in [4.69, 9.17) is 16.3 Å². The summed E-state index contributed by atoms with van der Waals surface area (Å²) in [6.45, 7) is 2.45. The maximum Gasteiger partial charge on any atom is 0.338 e. The normalized spacial score (nSPS) is 10.7. The van der Waals surface area contributed by atoms with Crippen molar-refractivity contribution in [3.8, 4) is 0 Å². The van der Waals surface area contributed by atoms with E-state index in [1.165, 1.54) is 11.3 Å². The van der Waals surface area contributed by atoms with E-state index in [2.05, 4.69) is 10.3 Å². The third-order valence-electron chi connectivity index (χ3n) is 3.68. The van der Waals surface area contributed by atoms with Crippen LogP contribution in [0.2, 0.25) is 5.02 Å². The Morgan fingerprint density at radius 3 is 2.62 bits per heavy atom. The van der Waals surface area contributed by atoms with Crippen LogP contribution in [0.15, 0.2) is 42.5 Å². The van der Waals surface area contributed by atoms with E-state index in [1.54, 1.807) is 42.5 Å². The first-order chi connectivity index (χ1) is 12.6. The van der Waals surface area contributed by atoms with Crippen molar-refractivity contribution in [1.29, 1.82) is 0 Å². The quantitative estimate of drug-likeness (QED) is 0.467. The highest BCUT2D eigenvalue weighted by Crippen LogP contribution is 2.27. The maximum atomic E-state index is 12.3. The van der Waals surface area contributed by atoms with Crippen molar-refractivity contribution >= 4 is 50.2 Å². The number of halogens is 1. The van der Waals surface area contributed by atoms with Crippen molar-refractivity contribution in [3.63, 3.8) is 0 Å². The Balaban J connectivity index is 1.73. The Labute approximate surface area is 160 Å². The van der Waals surface area contributed by atoms with Gasteiger partial charge in [0.15, 0.2) is 5.13 Å². The van der Waals surface area contributed by atoms with Gasteiger partial charge in [-0.1, -0.05) is 36.3 Å². The highest BCUT2D eigenvalue weighted by molar-refractivity contribution is 7.22. The van der Waals surface area contributed by atoms with Gasteiger partial charge in [0.05, 0.1) is 22.4 Å². The molecule has 134 valence electrons. The molecule has 26 heavy (non-hydrogen) atoms. The molecule has 1 aromatic heterocycles. The molecule has 0 saturated heterocycles. The number of hydrogen-bond donors (Lipinski definition) is 1. The highest BCUT2D eigenvalue weighted by Gasteiger charge is 2.13. The van der Waals surface area contributed by atoms with E-state index < -0.39 is 0 Å². The number of thiazole rings is 1. The fourth-order valence-corrected chi connectivity index (χ4v) is 3.29. The average Bonchev–Trinajstić information content (AvgIpc) is 3.03. The molecule has 0 fully saturated rings. The Morgan fingerprint density at radius 2 is 1.88 bits per heavy atom. The lowest BCUT2D eigenvalue weighted by atomic mass is 10.2. The molecule has 0 bridgehead atoms. The molecule has 0 aliphatic carbocycles. The largest absolute Gasteiger partial charge is 0.462 e. The fourth-order valence-electron chi connectivity index (χ4n) is 2.27. The summed E-state index contributed by atoms with van der Waals surface area (Å²) >= 11 is 7.14. The lowest BCUT2D eigenvalue weighted by Gasteiger charge is -2.03. The molecule has 2 aromatic carbocycles. The number of esters is 1. The molecule has 3 rings (SSSR count). The van der Waals surface area contributed by atoms with Crippen LogP contribution in [0.3, 0.4) is 0 Å². The number of carbonyl (C=O) groups excluding carboxylic acids is 2. The first-order valence-corrected chi connectivity index (χ1v) is 9.41. The molecule has 1 amide bonds. The number of fused-ring (bicyclic) bond motifs is 1. The third-order valence-corrected chi connectivity index (χ3v) is 4.87. The predicted molar refractivity (Wildman–Crippen MR) is 104 cm³/mol. The van der Waals surface area contributed by atoms with Gasteiger partial charge in [-0.25, -0.2) is 9.78 Å². The van der Waals surface area contributed by atoms with Crippen LogP contribution in [0, 0.1) is 0 Å². The van der Waals surface area contributed by atoms with Gasteiger partial charge in [0.2, 0.25) is 0 Å². The second kappa shape index (κ2) is 8.29. The molecule has 1 N–H and O–H groups in total. The Hall–Kier alpha value is -2.44. The molecule has 0 atom stereocenters. The standard InChI is InChI=1S/C19H17ClN2O3S/c1-2-3-10-25-18(24)13-6-9-15-16(11-13)26-19(21-15)22-17(23)12-4-7-14(20)8-5-12/h4-9,11H,2-3,10H2,1H3,(H,21,22,23). The molecule has 0 aliphatic heterocycles.